The van der Waals surface area contributed by atoms with E-state index in [4.69, 9.17) is 20.7 Å². The molecule has 0 unspecified atom stereocenters. The highest BCUT2D eigenvalue weighted by molar-refractivity contribution is 5.80. The van der Waals surface area contributed by atoms with Crippen LogP contribution < -0.4 is 20.9 Å². The number of hydrogen-bond acceptors (Lipinski definition) is 6. The van der Waals surface area contributed by atoms with Gasteiger partial charge in [-0.2, -0.15) is 5.26 Å². The van der Waals surface area contributed by atoms with Crippen LogP contribution in [0.4, 0.5) is 10.3 Å². The van der Waals surface area contributed by atoms with E-state index in [2.05, 4.69) is 6.58 Å². The Morgan fingerprint density at radius 2 is 2.06 bits per heavy atom. The highest BCUT2D eigenvalue weighted by Gasteiger charge is 2.20. The molecule has 0 atom stereocenters. The molecule has 7 nitrogen and oxygen atoms in total. The van der Waals surface area contributed by atoms with Crippen LogP contribution >= 0.6 is 0 Å². The molecule has 0 saturated heterocycles. The fourth-order valence-corrected chi connectivity index (χ4v) is 3.20. The van der Waals surface area contributed by atoms with E-state index in [0.29, 0.717) is 47.2 Å². The van der Waals surface area contributed by atoms with Crippen LogP contribution in [0.5, 0.6) is 5.75 Å². The summed E-state index contributed by atoms with van der Waals surface area (Å²) in [5.74, 6) is 0.322. The van der Waals surface area contributed by atoms with E-state index in [-0.39, 0.29) is 11.1 Å². The van der Waals surface area contributed by atoms with Crippen molar-refractivity contribution < 1.29 is 9.13 Å². The minimum absolute atomic E-state index is 0.195. The van der Waals surface area contributed by atoms with E-state index in [1.165, 1.54) is 10.6 Å². The van der Waals surface area contributed by atoms with Crippen LogP contribution in [-0.4, -0.2) is 36.8 Å². The quantitative estimate of drug-likeness (QED) is 0.476. The summed E-state index contributed by atoms with van der Waals surface area (Å²) < 4.78 is 21.3. The van der Waals surface area contributed by atoms with E-state index < -0.39 is 5.83 Å². The van der Waals surface area contributed by atoms with Crippen LogP contribution in [0.15, 0.2) is 59.2 Å². The number of aromatic nitrogens is 2. The maximum absolute atomic E-state index is 14.6. The molecule has 0 amide bonds. The summed E-state index contributed by atoms with van der Waals surface area (Å²) in [4.78, 5) is 20.0. The standard InChI is InChI=1S/C24H28FN5O2/c1-6-17(15-27)20(25)14-16(2)22-21(18-8-10-19(32-5)11-9-18)23(31)30(4)24(28-22)29(3)13-7-12-26/h6,8-11,14H,1,7,12-13,26H2,2-5H3/b16-14+,20-17-. The van der Waals surface area contributed by atoms with E-state index in [1.807, 2.05) is 11.9 Å². The molecule has 0 spiro atoms. The van der Waals surface area contributed by atoms with Crippen LogP contribution in [0, 0.1) is 11.3 Å². The third kappa shape index (κ3) is 5.31. The van der Waals surface area contributed by atoms with Crippen LogP contribution in [0.3, 0.4) is 0 Å². The van der Waals surface area contributed by atoms with Gasteiger partial charge in [0.15, 0.2) is 0 Å². The average Bonchev–Trinajstić information content (AvgIpc) is 2.79. The second-order valence-corrected chi connectivity index (χ2v) is 7.20. The predicted molar refractivity (Wildman–Crippen MR) is 126 cm³/mol. The first kappa shape index (κ1) is 24.6. The van der Waals surface area contributed by atoms with Gasteiger partial charge in [0.25, 0.3) is 5.56 Å². The first-order chi connectivity index (χ1) is 15.3. The van der Waals surface area contributed by atoms with Gasteiger partial charge in [-0.25, -0.2) is 9.37 Å². The van der Waals surface area contributed by atoms with Gasteiger partial charge in [-0.15, -0.1) is 0 Å². The van der Waals surface area contributed by atoms with Crippen molar-refractivity contribution >= 4 is 11.5 Å². The topological polar surface area (TPSA) is 97.2 Å². The molecule has 0 aliphatic heterocycles. The van der Waals surface area contributed by atoms with Crippen LogP contribution in [-0.2, 0) is 7.05 Å². The van der Waals surface area contributed by atoms with Gasteiger partial charge in [0, 0.05) is 20.6 Å². The molecular formula is C24H28FN5O2. The molecule has 32 heavy (non-hydrogen) atoms. The van der Waals surface area contributed by atoms with Crippen molar-refractivity contribution in [2.75, 3.05) is 32.1 Å². The minimum atomic E-state index is -0.749. The van der Waals surface area contributed by atoms with Gasteiger partial charge in [-0.05, 0) is 55.3 Å². The number of nitrogens with two attached hydrogens (primary N) is 1. The van der Waals surface area contributed by atoms with Gasteiger partial charge in [0.2, 0.25) is 5.95 Å². The summed E-state index contributed by atoms with van der Waals surface area (Å²) in [5, 5.41) is 9.10. The Balaban J connectivity index is 2.81. The summed E-state index contributed by atoms with van der Waals surface area (Å²) in [5.41, 5.74) is 6.80. The Morgan fingerprint density at radius 3 is 2.59 bits per heavy atom. The normalized spacial score (nSPS) is 12.1. The number of hydrogen-bond donors (Lipinski definition) is 1. The Morgan fingerprint density at radius 1 is 1.41 bits per heavy atom. The lowest BCUT2D eigenvalue weighted by Crippen LogP contribution is -2.32. The molecular weight excluding hydrogens is 409 g/mol. The lowest BCUT2D eigenvalue weighted by molar-refractivity contribution is 0.415. The minimum Gasteiger partial charge on any atom is -0.497 e. The third-order valence-corrected chi connectivity index (χ3v) is 4.98. The number of anilines is 1. The molecule has 1 heterocycles. The number of benzene rings is 1. The second-order valence-electron chi connectivity index (χ2n) is 7.20. The van der Waals surface area contributed by atoms with Gasteiger partial charge < -0.3 is 15.4 Å². The lowest BCUT2D eigenvalue weighted by Gasteiger charge is -2.23. The monoisotopic (exact) mass is 437 g/mol. The zero-order valence-corrected chi connectivity index (χ0v) is 18.9. The number of rotatable bonds is 9. The van der Waals surface area contributed by atoms with Crippen molar-refractivity contribution in [2.24, 2.45) is 12.8 Å². The fourth-order valence-electron chi connectivity index (χ4n) is 3.20. The molecule has 0 radical (unpaired) electrons. The first-order valence-electron chi connectivity index (χ1n) is 10.1. The Hall–Kier alpha value is -3.70. The molecule has 2 rings (SSSR count). The summed E-state index contributed by atoms with van der Waals surface area (Å²) in [6, 6.07) is 8.75. The van der Waals surface area contributed by atoms with E-state index in [0.717, 1.165) is 12.5 Å². The molecule has 1 aromatic carbocycles. The number of nitriles is 1. The number of ether oxygens (including phenoxy) is 1. The molecule has 0 bridgehead atoms. The van der Waals surface area contributed by atoms with E-state index in [1.54, 1.807) is 51.4 Å². The molecule has 2 aromatic rings. The van der Waals surface area contributed by atoms with E-state index >= 15 is 0 Å². The predicted octanol–water partition coefficient (Wildman–Crippen LogP) is 3.58. The summed E-state index contributed by atoms with van der Waals surface area (Å²) >= 11 is 0. The summed E-state index contributed by atoms with van der Waals surface area (Å²) in [6.45, 7) is 6.21. The Bertz CT molecular complexity index is 1140. The number of halogens is 1. The van der Waals surface area contributed by atoms with Gasteiger partial charge >= 0.3 is 0 Å². The second kappa shape index (κ2) is 11.1. The number of nitrogens with zero attached hydrogens (tertiary/aromatic N) is 4. The molecule has 0 saturated carbocycles. The smallest absolute Gasteiger partial charge is 0.263 e. The highest BCUT2D eigenvalue weighted by Crippen LogP contribution is 2.29. The number of allylic oxidation sites excluding steroid dienone is 5. The molecule has 2 N–H and O–H groups in total. The van der Waals surface area contributed by atoms with Crippen LogP contribution in [0.1, 0.15) is 19.0 Å². The average molecular weight is 438 g/mol. The van der Waals surface area contributed by atoms with Crippen LogP contribution in [0.25, 0.3) is 16.7 Å². The first-order valence-corrected chi connectivity index (χ1v) is 10.1. The molecule has 0 aliphatic rings. The molecule has 1 aromatic heterocycles. The third-order valence-electron chi connectivity index (χ3n) is 4.98. The summed E-state index contributed by atoms with van der Waals surface area (Å²) in [6.07, 6.45) is 3.06. The SMILES string of the molecule is C=C/C(C#N)=C(F)\C=C(/C)c1nc(N(C)CCCN)n(C)c(=O)c1-c1ccc(OC)cc1. The number of methoxy groups -OCH3 is 1. The molecule has 8 heteroatoms. The van der Waals surface area contributed by atoms with Crippen molar-refractivity contribution in [3.63, 3.8) is 0 Å². The van der Waals surface area contributed by atoms with E-state index in [9.17, 15) is 9.18 Å². The maximum atomic E-state index is 14.6. The summed E-state index contributed by atoms with van der Waals surface area (Å²) in [7, 11) is 5.02. The largest absolute Gasteiger partial charge is 0.497 e. The van der Waals surface area contributed by atoms with Crippen molar-refractivity contribution in [1.82, 2.24) is 9.55 Å². The molecule has 0 aliphatic carbocycles. The Kier molecular flexibility index (Phi) is 8.50. The van der Waals surface area contributed by atoms with Gasteiger partial charge in [-0.3, -0.25) is 9.36 Å². The van der Waals surface area contributed by atoms with Gasteiger partial charge in [-0.1, -0.05) is 18.7 Å². The Labute approximate surface area is 187 Å². The maximum Gasteiger partial charge on any atom is 0.263 e. The molecule has 0 fully saturated rings. The van der Waals surface area contributed by atoms with Gasteiger partial charge in [0.05, 0.1) is 23.9 Å². The fraction of sp³-hybridized carbons (Fsp3) is 0.292. The highest BCUT2D eigenvalue weighted by atomic mass is 19.1. The van der Waals surface area contributed by atoms with Crippen molar-refractivity contribution in [2.45, 2.75) is 13.3 Å². The molecule has 168 valence electrons. The van der Waals surface area contributed by atoms with Crippen molar-refractivity contribution in [3.8, 4) is 22.9 Å². The zero-order valence-electron chi connectivity index (χ0n) is 18.9. The van der Waals surface area contributed by atoms with Crippen LogP contribution in [0.2, 0.25) is 0 Å². The zero-order chi connectivity index (χ0) is 23.8. The lowest BCUT2D eigenvalue weighted by atomic mass is 10.00. The van der Waals surface area contributed by atoms with Crippen molar-refractivity contribution in [3.05, 3.63) is 70.4 Å². The van der Waals surface area contributed by atoms with Crippen molar-refractivity contribution in [1.29, 1.82) is 5.26 Å². The van der Waals surface area contributed by atoms with Gasteiger partial charge in [0.1, 0.15) is 17.6 Å².